The van der Waals surface area contributed by atoms with Gasteiger partial charge in [0.05, 0.1) is 22.9 Å². The molecule has 1 amide bonds. The molecule has 0 saturated heterocycles. The number of fused-ring (bicyclic) bond motifs is 1. The Labute approximate surface area is 206 Å². The molecule has 2 N–H and O–H groups in total. The maximum atomic E-state index is 12.5. The molecule has 0 saturated carbocycles. The average Bonchev–Trinajstić information content (AvgIpc) is 3.14. The van der Waals surface area contributed by atoms with E-state index in [9.17, 15) is 9.59 Å². The molecule has 0 aliphatic rings. The molecule has 2 aromatic carbocycles. The average molecular weight is 494 g/mol. The Bertz CT molecular complexity index is 1350. The highest BCUT2D eigenvalue weighted by Gasteiger charge is 2.16. The largest absolute Gasteiger partial charge is 0.491 e. The Hall–Kier alpha value is -3.10. The number of hydrogen-bond acceptors (Lipinski definition) is 6. The van der Waals surface area contributed by atoms with Crippen LogP contribution in [0.3, 0.4) is 0 Å². The van der Waals surface area contributed by atoms with E-state index in [-0.39, 0.29) is 16.7 Å². The molecule has 176 valence electrons. The molecule has 4 rings (SSSR count). The number of hydrogen-bond donors (Lipinski definition) is 2. The fraction of sp³-hybridized carbons (Fsp3) is 0.269. The van der Waals surface area contributed by atoms with Crippen LogP contribution in [0.1, 0.15) is 23.2 Å². The lowest BCUT2D eigenvalue weighted by atomic mass is 10.1. The van der Waals surface area contributed by atoms with Crippen molar-refractivity contribution in [1.82, 2.24) is 15.3 Å². The number of rotatable bonds is 9. The number of thiophene rings is 1. The lowest BCUT2D eigenvalue weighted by molar-refractivity contribution is -0.120. The van der Waals surface area contributed by atoms with Gasteiger partial charge in [0.15, 0.2) is 0 Å². The van der Waals surface area contributed by atoms with Gasteiger partial charge in [-0.2, -0.15) is 0 Å². The second-order valence-electron chi connectivity index (χ2n) is 7.93. The highest BCUT2D eigenvalue weighted by molar-refractivity contribution is 7.99. The van der Waals surface area contributed by atoms with E-state index in [0.29, 0.717) is 30.1 Å². The molecule has 2 heterocycles. The first-order chi connectivity index (χ1) is 16.4. The van der Waals surface area contributed by atoms with Crippen LogP contribution in [0.25, 0.3) is 21.3 Å². The number of carbonyl (C=O) groups excluding carboxylic acids is 1. The lowest BCUT2D eigenvalue weighted by Gasteiger charge is -2.14. The van der Waals surface area contributed by atoms with Crippen LogP contribution >= 0.6 is 23.1 Å². The van der Waals surface area contributed by atoms with E-state index in [4.69, 9.17) is 4.74 Å². The van der Waals surface area contributed by atoms with Crippen molar-refractivity contribution in [3.05, 3.63) is 81.2 Å². The number of H-pyrrole nitrogens is 1. The standard InChI is InChI=1S/C26H27N3O3S2/c1-16-17(2)34-26-23(16)25(31)28-22(29-26)15-33-18(3)24(30)27-13-14-32-21-12-8-7-11-20(21)19-9-5-4-6-10-19/h4-12,18H,13-15H2,1-3H3,(H,27,30)(H,28,29,31). The number of benzene rings is 2. The molecular formula is C26H27N3O3S2. The van der Waals surface area contributed by atoms with Crippen LogP contribution in [0.2, 0.25) is 0 Å². The maximum absolute atomic E-state index is 12.5. The number of aryl methyl sites for hydroxylation is 2. The van der Waals surface area contributed by atoms with E-state index >= 15 is 0 Å². The molecule has 1 unspecified atom stereocenters. The number of ether oxygens (including phenoxy) is 1. The smallest absolute Gasteiger partial charge is 0.259 e. The van der Waals surface area contributed by atoms with E-state index in [1.165, 1.54) is 23.1 Å². The minimum Gasteiger partial charge on any atom is -0.491 e. The second kappa shape index (κ2) is 10.9. The van der Waals surface area contributed by atoms with Gasteiger partial charge in [0.1, 0.15) is 23.0 Å². The molecular weight excluding hydrogens is 466 g/mol. The first-order valence-electron chi connectivity index (χ1n) is 11.1. The van der Waals surface area contributed by atoms with E-state index < -0.39 is 0 Å². The van der Waals surface area contributed by atoms with E-state index in [2.05, 4.69) is 15.3 Å². The molecule has 8 heteroatoms. The topological polar surface area (TPSA) is 84.1 Å². The van der Waals surface area contributed by atoms with Gasteiger partial charge < -0.3 is 15.0 Å². The van der Waals surface area contributed by atoms with Crippen molar-refractivity contribution in [1.29, 1.82) is 0 Å². The zero-order valence-electron chi connectivity index (χ0n) is 19.4. The van der Waals surface area contributed by atoms with Gasteiger partial charge in [-0.25, -0.2) is 4.98 Å². The summed E-state index contributed by atoms with van der Waals surface area (Å²) in [6.07, 6.45) is 0. The second-order valence-corrected chi connectivity index (χ2v) is 10.5. The molecule has 6 nitrogen and oxygen atoms in total. The molecule has 0 spiro atoms. The van der Waals surface area contributed by atoms with E-state index in [1.807, 2.05) is 75.4 Å². The van der Waals surface area contributed by atoms with Gasteiger partial charge in [0.2, 0.25) is 5.91 Å². The highest BCUT2D eigenvalue weighted by Crippen LogP contribution is 2.29. The van der Waals surface area contributed by atoms with Crippen LogP contribution in [-0.2, 0) is 10.5 Å². The minimum absolute atomic E-state index is 0.0730. The van der Waals surface area contributed by atoms with E-state index in [1.54, 1.807) is 0 Å². The third-order valence-corrected chi connectivity index (χ3v) is 7.81. The summed E-state index contributed by atoms with van der Waals surface area (Å²) in [5.74, 6) is 1.76. The van der Waals surface area contributed by atoms with Crippen LogP contribution < -0.4 is 15.6 Å². The summed E-state index contributed by atoms with van der Waals surface area (Å²) < 4.78 is 5.95. The monoisotopic (exact) mass is 493 g/mol. The zero-order chi connectivity index (χ0) is 24.1. The molecule has 0 aliphatic carbocycles. The number of carbonyl (C=O) groups is 1. The first kappa shape index (κ1) is 24.0. The summed E-state index contributed by atoms with van der Waals surface area (Å²) in [5.41, 5.74) is 2.97. The zero-order valence-corrected chi connectivity index (χ0v) is 21.0. The molecule has 0 fully saturated rings. The van der Waals surface area contributed by atoms with Gasteiger partial charge in [-0.3, -0.25) is 9.59 Å². The Morgan fingerprint density at radius 3 is 2.68 bits per heavy atom. The van der Waals surface area contributed by atoms with Gasteiger partial charge in [0, 0.05) is 10.4 Å². The molecule has 0 aliphatic heterocycles. The van der Waals surface area contributed by atoms with Crippen LogP contribution in [0.4, 0.5) is 0 Å². The Morgan fingerprint density at radius 2 is 1.88 bits per heavy atom. The van der Waals surface area contributed by atoms with E-state index in [0.717, 1.165) is 32.1 Å². The van der Waals surface area contributed by atoms with Crippen molar-refractivity contribution in [2.75, 3.05) is 13.2 Å². The number of nitrogens with zero attached hydrogens (tertiary/aromatic N) is 1. The van der Waals surface area contributed by atoms with Crippen molar-refractivity contribution >= 4 is 39.2 Å². The highest BCUT2D eigenvalue weighted by atomic mass is 32.2. The molecule has 2 aromatic heterocycles. The normalized spacial score (nSPS) is 12.0. The number of thioether (sulfide) groups is 1. The van der Waals surface area contributed by atoms with Crippen molar-refractivity contribution in [3.63, 3.8) is 0 Å². The quantitative estimate of drug-likeness (QED) is 0.318. The summed E-state index contributed by atoms with van der Waals surface area (Å²) in [5, 5.41) is 3.30. The maximum Gasteiger partial charge on any atom is 0.259 e. The predicted molar refractivity (Wildman–Crippen MR) is 141 cm³/mol. The summed E-state index contributed by atoms with van der Waals surface area (Å²) in [6.45, 7) is 6.56. The summed E-state index contributed by atoms with van der Waals surface area (Å²) in [6, 6.07) is 17.9. The summed E-state index contributed by atoms with van der Waals surface area (Å²) in [7, 11) is 0. The molecule has 0 bridgehead atoms. The van der Waals surface area contributed by atoms with Crippen molar-refractivity contribution < 1.29 is 9.53 Å². The van der Waals surface area contributed by atoms with Crippen molar-refractivity contribution in [2.24, 2.45) is 0 Å². The first-order valence-corrected chi connectivity index (χ1v) is 13.0. The molecule has 4 aromatic rings. The number of aromatic nitrogens is 2. The summed E-state index contributed by atoms with van der Waals surface area (Å²) >= 11 is 2.96. The van der Waals surface area contributed by atoms with Crippen LogP contribution in [0, 0.1) is 13.8 Å². The van der Waals surface area contributed by atoms with Gasteiger partial charge in [-0.1, -0.05) is 48.5 Å². The number of para-hydroxylation sites is 1. The summed E-state index contributed by atoms with van der Waals surface area (Å²) in [4.78, 5) is 34.2. The SMILES string of the molecule is Cc1sc2nc(CSC(C)C(=O)NCCOc3ccccc3-c3ccccc3)[nH]c(=O)c2c1C. The number of nitrogens with one attached hydrogen (secondary N) is 2. The van der Waals surface area contributed by atoms with Crippen molar-refractivity contribution in [3.8, 4) is 16.9 Å². The van der Waals surface area contributed by atoms with Gasteiger partial charge in [-0.05, 0) is 38.0 Å². The number of aromatic amines is 1. The van der Waals surface area contributed by atoms with Crippen LogP contribution in [-0.4, -0.2) is 34.3 Å². The molecule has 0 radical (unpaired) electrons. The van der Waals surface area contributed by atoms with Gasteiger partial charge in [-0.15, -0.1) is 23.1 Å². The van der Waals surface area contributed by atoms with Crippen molar-refractivity contribution in [2.45, 2.75) is 31.8 Å². The predicted octanol–water partition coefficient (Wildman–Crippen LogP) is 5.09. The Morgan fingerprint density at radius 1 is 1.15 bits per heavy atom. The minimum atomic E-state index is -0.288. The Kier molecular flexibility index (Phi) is 7.70. The third kappa shape index (κ3) is 5.51. The van der Waals surface area contributed by atoms with Gasteiger partial charge in [0.25, 0.3) is 5.56 Å². The Balaban J connectivity index is 1.27. The van der Waals surface area contributed by atoms with Crippen LogP contribution in [0.5, 0.6) is 5.75 Å². The lowest BCUT2D eigenvalue weighted by Crippen LogP contribution is -2.34. The molecule has 1 atom stereocenters. The molecule has 34 heavy (non-hydrogen) atoms. The third-order valence-electron chi connectivity index (χ3n) is 5.56. The van der Waals surface area contributed by atoms with Gasteiger partial charge >= 0.3 is 0 Å². The fourth-order valence-electron chi connectivity index (χ4n) is 3.57. The fourth-order valence-corrected chi connectivity index (χ4v) is 5.40. The number of amides is 1. The van der Waals surface area contributed by atoms with Crippen LogP contribution in [0.15, 0.2) is 59.4 Å².